The SMILES string of the molecule is COc1cc(C(=O)N(CCC(=O)N2CCNCC2)C2CCCC2)cc(OC)c1OC. The van der Waals surface area contributed by atoms with Gasteiger partial charge in [-0.2, -0.15) is 0 Å². The molecule has 2 aliphatic rings. The minimum atomic E-state index is -0.103. The van der Waals surface area contributed by atoms with E-state index in [0.717, 1.165) is 51.9 Å². The van der Waals surface area contributed by atoms with Crippen molar-refractivity contribution in [3.8, 4) is 17.2 Å². The van der Waals surface area contributed by atoms with Crippen LogP contribution >= 0.6 is 0 Å². The highest BCUT2D eigenvalue weighted by Gasteiger charge is 2.30. The number of carbonyl (C=O) groups is 2. The maximum Gasteiger partial charge on any atom is 0.254 e. The largest absolute Gasteiger partial charge is 0.493 e. The Bertz CT molecular complexity index is 717. The molecule has 0 bridgehead atoms. The Kier molecular flexibility index (Phi) is 7.79. The van der Waals surface area contributed by atoms with Gasteiger partial charge in [0.25, 0.3) is 5.91 Å². The quantitative estimate of drug-likeness (QED) is 0.694. The summed E-state index contributed by atoms with van der Waals surface area (Å²) in [4.78, 5) is 29.9. The molecular weight excluding hydrogens is 386 g/mol. The van der Waals surface area contributed by atoms with E-state index >= 15 is 0 Å². The maximum atomic E-state index is 13.5. The zero-order valence-corrected chi connectivity index (χ0v) is 18.2. The average molecular weight is 420 g/mol. The molecule has 1 aliphatic carbocycles. The van der Waals surface area contributed by atoms with Crippen molar-refractivity contribution in [3.05, 3.63) is 17.7 Å². The smallest absolute Gasteiger partial charge is 0.254 e. The molecule has 1 aromatic carbocycles. The summed E-state index contributed by atoms with van der Waals surface area (Å²) in [7, 11) is 4.60. The van der Waals surface area contributed by atoms with Crippen LogP contribution in [-0.4, -0.2) is 81.7 Å². The molecule has 0 spiro atoms. The first kappa shape index (κ1) is 22.2. The number of rotatable bonds is 8. The number of nitrogens with one attached hydrogen (secondary N) is 1. The van der Waals surface area contributed by atoms with Gasteiger partial charge in [-0.25, -0.2) is 0 Å². The zero-order chi connectivity index (χ0) is 21.5. The summed E-state index contributed by atoms with van der Waals surface area (Å²) >= 11 is 0. The zero-order valence-electron chi connectivity index (χ0n) is 18.2. The Labute approximate surface area is 178 Å². The molecule has 1 N–H and O–H groups in total. The predicted octanol–water partition coefficient (Wildman–Crippen LogP) is 1.92. The molecule has 0 unspecified atom stereocenters. The van der Waals surface area contributed by atoms with Crippen LogP contribution in [0.3, 0.4) is 0 Å². The molecule has 8 heteroatoms. The molecule has 0 atom stereocenters. The second-order valence-corrected chi connectivity index (χ2v) is 7.73. The van der Waals surface area contributed by atoms with E-state index in [9.17, 15) is 9.59 Å². The van der Waals surface area contributed by atoms with Crippen LogP contribution in [0.4, 0.5) is 0 Å². The van der Waals surface area contributed by atoms with Gasteiger partial charge in [0, 0.05) is 50.7 Å². The molecule has 1 saturated carbocycles. The highest BCUT2D eigenvalue weighted by molar-refractivity contribution is 5.96. The summed E-state index contributed by atoms with van der Waals surface area (Å²) in [6, 6.07) is 3.53. The lowest BCUT2D eigenvalue weighted by Gasteiger charge is -2.32. The first-order valence-electron chi connectivity index (χ1n) is 10.7. The number of methoxy groups -OCH3 is 3. The van der Waals surface area contributed by atoms with Gasteiger partial charge in [0.2, 0.25) is 11.7 Å². The molecule has 1 saturated heterocycles. The highest BCUT2D eigenvalue weighted by Crippen LogP contribution is 2.39. The van der Waals surface area contributed by atoms with Gasteiger partial charge in [-0.15, -0.1) is 0 Å². The molecule has 2 amide bonds. The van der Waals surface area contributed by atoms with E-state index in [4.69, 9.17) is 14.2 Å². The number of benzene rings is 1. The minimum absolute atomic E-state index is 0.103. The van der Waals surface area contributed by atoms with Gasteiger partial charge in [0.1, 0.15) is 0 Å². The molecule has 2 fully saturated rings. The summed E-state index contributed by atoms with van der Waals surface area (Å²) in [5.41, 5.74) is 0.478. The van der Waals surface area contributed by atoms with E-state index in [2.05, 4.69) is 5.32 Å². The van der Waals surface area contributed by atoms with Crippen molar-refractivity contribution in [2.45, 2.75) is 38.1 Å². The van der Waals surface area contributed by atoms with Gasteiger partial charge in [0.05, 0.1) is 21.3 Å². The molecule has 1 aromatic rings. The third kappa shape index (κ3) is 4.98. The lowest BCUT2D eigenvalue weighted by atomic mass is 10.1. The standard InChI is InChI=1S/C22H33N3O5/c1-28-18-14-16(15-19(29-2)21(18)30-3)22(27)25(17-6-4-5-7-17)11-8-20(26)24-12-9-23-10-13-24/h14-15,17,23H,4-13H2,1-3H3. The fraction of sp³-hybridized carbons (Fsp3) is 0.636. The van der Waals surface area contributed by atoms with Gasteiger partial charge in [-0.3, -0.25) is 9.59 Å². The Morgan fingerprint density at radius 1 is 1.03 bits per heavy atom. The van der Waals surface area contributed by atoms with Crippen LogP contribution in [0, 0.1) is 0 Å². The lowest BCUT2D eigenvalue weighted by molar-refractivity contribution is -0.132. The average Bonchev–Trinajstić information content (AvgIpc) is 3.33. The van der Waals surface area contributed by atoms with Crippen molar-refractivity contribution in [1.82, 2.24) is 15.1 Å². The molecule has 1 heterocycles. The summed E-state index contributed by atoms with van der Waals surface area (Å²) in [6.07, 6.45) is 4.49. The molecule has 166 valence electrons. The Morgan fingerprint density at radius 3 is 2.17 bits per heavy atom. The van der Waals surface area contributed by atoms with Crippen LogP contribution in [-0.2, 0) is 4.79 Å². The van der Waals surface area contributed by atoms with Crippen LogP contribution in [0.1, 0.15) is 42.5 Å². The minimum Gasteiger partial charge on any atom is -0.493 e. The maximum absolute atomic E-state index is 13.5. The van der Waals surface area contributed by atoms with Gasteiger partial charge in [-0.1, -0.05) is 12.8 Å². The van der Waals surface area contributed by atoms with Crippen molar-refractivity contribution < 1.29 is 23.8 Å². The third-order valence-electron chi connectivity index (χ3n) is 5.97. The van der Waals surface area contributed by atoms with Crippen molar-refractivity contribution in [2.75, 3.05) is 54.1 Å². The fourth-order valence-corrected chi connectivity index (χ4v) is 4.32. The number of hydrogen-bond donors (Lipinski definition) is 1. The highest BCUT2D eigenvalue weighted by atomic mass is 16.5. The third-order valence-corrected chi connectivity index (χ3v) is 5.97. The first-order valence-corrected chi connectivity index (χ1v) is 10.7. The van der Waals surface area contributed by atoms with E-state index in [0.29, 0.717) is 35.8 Å². The number of carbonyl (C=O) groups excluding carboxylic acids is 2. The molecule has 3 rings (SSSR count). The molecule has 8 nitrogen and oxygen atoms in total. The Balaban J connectivity index is 1.79. The van der Waals surface area contributed by atoms with E-state index in [-0.39, 0.29) is 17.9 Å². The lowest BCUT2D eigenvalue weighted by Crippen LogP contribution is -2.48. The van der Waals surface area contributed by atoms with Gasteiger partial charge in [-0.05, 0) is 25.0 Å². The van der Waals surface area contributed by atoms with Crippen molar-refractivity contribution in [1.29, 1.82) is 0 Å². The molecular formula is C22H33N3O5. The van der Waals surface area contributed by atoms with Crippen molar-refractivity contribution >= 4 is 11.8 Å². The van der Waals surface area contributed by atoms with Crippen LogP contribution < -0.4 is 19.5 Å². The van der Waals surface area contributed by atoms with Crippen molar-refractivity contribution in [3.63, 3.8) is 0 Å². The van der Waals surface area contributed by atoms with E-state index in [1.165, 1.54) is 21.3 Å². The summed E-state index contributed by atoms with van der Waals surface area (Å²) in [6.45, 7) is 3.51. The number of amides is 2. The summed E-state index contributed by atoms with van der Waals surface area (Å²) in [5, 5.41) is 3.26. The normalized spacial score (nSPS) is 17.0. The second-order valence-electron chi connectivity index (χ2n) is 7.73. The van der Waals surface area contributed by atoms with E-state index in [1.54, 1.807) is 12.1 Å². The topological polar surface area (TPSA) is 80.3 Å². The summed E-state index contributed by atoms with van der Waals surface area (Å²) < 4.78 is 16.2. The predicted molar refractivity (Wildman–Crippen MR) is 113 cm³/mol. The van der Waals surface area contributed by atoms with Crippen LogP contribution in [0.15, 0.2) is 12.1 Å². The number of ether oxygens (including phenoxy) is 3. The second kappa shape index (κ2) is 10.5. The molecule has 0 radical (unpaired) electrons. The first-order chi connectivity index (χ1) is 14.6. The van der Waals surface area contributed by atoms with Crippen molar-refractivity contribution in [2.24, 2.45) is 0 Å². The number of nitrogens with zero attached hydrogens (tertiary/aromatic N) is 2. The van der Waals surface area contributed by atoms with Crippen LogP contribution in [0.5, 0.6) is 17.2 Å². The van der Waals surface area contributed by atoms with E-state index in [1.807, 2.05) is 9.80 Å². The fourth-order valence-electron chi connectivity index (χ4n) is 4.32. The van der Waals surface area contributed by atoms with Gasteiger partial charge < -0.3 is 29.3 Å². The summed E-state index contributed by atoms with van der Waals surface area (Å²) in [5.74, 6) is 1.36. The molecule has 1 aliphatic heterocycles. The number of piperazine rings is 1. The van der Waals surface area contributed by atoms with Gasteiger partial charge in [0.15, 0.2) is 11.5 Å². The van der Waals surface area contributed by atoms with E-state index < -0.39 is 0 Å². The monoisotopic (exact) mass is 419 g/mol. The van der Waals surface area contributed by atoms with Crippen LogP contribution in [0.25, 0.3) is 0 Å². The molecule has 0 aromatic heterocycles. The Morgan fingerprint density at radius 2 is 1.63 bits per heavy atom. The molecule has 30 heavy (non-hydrogen) atoms. The Hall–Kier alpha value is -2.48. The van der Waals surface area contributed by atoms with Crippen LogP contribution in [0.2, 0.25) is 0 Å². The van der Waals surface area contributed by atoms with Gasteiger partial charge >= 0.3 is 0 Å². The number of hydrogen-bond acceptors (Lipinski definition) is 6.